The molecule has 0 aromatic carbocycles. The van der Waals surface area contributed by atoms with Crippen molar-refractivity contribution < 1.29 is 3.39 Å². The molecule has 4 heavy (non-hydrogen) atoms. The Balaban J connectivity index is 2.80. The van der Waals surface area contributed by atoms with Gasteiger partial charge in [0.2, 0.25) is 0 Å². The monoisotopic (exact) mass is 203 g/mol. The SMILES string of the molecule is [OH][Sb](=[S])[SH]. The van der Waals surface area contributed by atoms with Gasteiger partial charge in [0.15, 0.2) is 0 Å². The van der Waals surface area contributed by atoms with Gasteiger partial charge in [-0.3, -0.25) is 0 Å². The Morgan fingerprint density at radius 3 is 2.00 bits per heavy atom. The molecule has 4 heteroatoms. The number of rotatable bonds is 0. The fourth-order valence-corrected chi connectivity index (χ4v) is 0. The zero-order valence-electron chi connectivity index (χ0n) is 1.75. The molecular weight excluding hydrogens is 202 g/mol. The standard InChI is InChI=1S/H2O.H2S.S.Sb/h2*1H2;;/q;;;+2/p-2. The molecule has 0 unspecified atom stereocenters. The van der Waals surface area contributed by atoms with Crippen molar-refractivity contribution in [3.63, 3.8) is 0 Å². The molecule has 0 saturated heterocycles. The normalized spacial score (nSPS) is 6.50. The van der Waals surface area contributed by atoms with Crippen LogP contribution in [0, 0.1) is 0 Å². The van der Waals surface area contributed by atoms with Crippen LogP contribution >= 0.6 is 18.9 Å². The Labute approximate surface area is 39.5 Å². The van der Waals surface area contributed by atoms with Crippen LogP contribution in [0.2, 0.25) is 0 Å². The topological polar surface area (TPSA) is 20.2 Å². The summed E-state index contributed by atoms with van der Waals surface area (Å²) in [5, 5.41) is 0. The fraction of sp³-hybridized carbons (Fsp3) is 0. The molecule has 0 atom stereocenters. The van der Waals surface area contributed by atoms with E-state index in [0.29, 0.717) is 0 Å². The maximum atomic E-state index is 7.92. The van der Waals surface area contributed by atoms with E-state index in [1.807, 2.05) is 0 Å². The summed E-state index contributed by atoms with van der Waals surface area (Å²) in [5.74, 6) is 0. The predicted molar refractivity (Wildman–Crippen MR) is 24.5 cm³/mol. The van der Waals surface area contributed by atoms with Crippen molar-refractivity contribution in [3.8, 4) is 0 Å². The Morgan fingerprint density at radius 1 is 2.00 bits per heavy atom. The minimum atomic E-state index is -2.17. The van der Waals surface area contributed by atoms with Crippen LogP contribution in [0.1, 0.15) is 0 Å². The molecular formula is H2OS2Sb. The zero-order valence-corrected chi connectivity index (χ0v) is 6.01. The molecule has 0 rings (SSSR count). The van der Waals surface area contributed by atoms with Crippen LogP contribution in [0.3, 0.4) is 0 Å². The summed E-state index contributed by atoms with van der Waals surface area (Å²) in [4.78, 5) is 0. The number of hydrogen-bond donors (Lipinski definition) is 2. The third-order valence-corrected chi connectivity index (χ3v) is 0. The summed E-state index contributed by atoms with van der Waals surface area (Å²) >= 11 is -2.17. The van der Waals surface area contributed by atoms with E-state index in [9.17, 15) is 0 Å². The summed E-state index contributed by atoms with van der Waals surface area (Å²) in [6.07, 6.45) is 0. The van der Waals surface area contributed by atoms with E-state index in [4.69, 9.17) is 3.39 Å². The summed E-state index contributed by atoms with van der Waals surface area (Å²) in [6, 6.07) is 0. The molecule has 0 bridgehead atoms. The fourth-order valence-electron chi connectivity index (χ4n) is 0. The van der Waals surface area contributed by atoms with Crippen molar-refractivity contribution in [2.24, 2.45) is 0 Å². The Kier molecular flexibility index (Phi) is 3.45. The van der Waals surface area contributed by atoms with Crippen LogP contribution in [0.25, 0.3) is 0 Å². The van der Waals surface area contributed by atoms with Crippen molar-refractivity contribution in [1.82, 2.24) is 0 Å². The second-order valence-corrected chi connectivity index (χ2v) is 8.37. The average Bonchev–Trinajstić information content (AvgIpc) is 0.811. The third kappa shape index (κ3) is 10.2. The quantitative estimate of drug-likeness (QED) is 0.430. The van der Waals surface area contributed by atoms with Gasteiger partial charge in [0, 0.05) is 0 Å². The van der Waals surface area contributed by atoms with Crippen LogP contribution in [0.15, 0.2) is 0 Å². The average molecular weight is 204 g/mol. The molecule has 0 aromatic heterocycles. The first-order valence-corrected chi connectivity index (χ1v) is 9.04. The molecule has 0 saturated carbocycles. The van der Waals surface area contributed by atoms with Gasteiger partial charge in [-0.25, -0.2) is 0 Å². The summed E-state index contributed by atoms with van der Waals surface area (Å²) in [7, 11) is 7.74. The summed E-state index contributed by atoms with van der Waals surface area (Å²) < 4.78 is 7.92. The van der Waals surface area contributed by atoms with E-state index in [0.717, 1.165) is 0 Å². The van der Waals surface area contributed by atoms with Gasteiger partial charge in [-0.05, 0) is 0 Å². The second kappa shape index (κ2) is 2.58. The van der Waals surface area contributed by atoms with E-state index in [-0.39, 0.29) is 0 Å². The first-order chi connectivity index (χ1) is 1.73. The van der Waals surface area contributed by atoms with Gasteiger partial charge >= 0.3 is 39.6 Å². The van der Waals surface area contributed by atoms with E-state index in [1.54, 1.807) is 0 Å². The minimum absolute atomic E-state index is 2.17. The molecule has 25 valence electrons. The van der Waals surface area contributed by atoms with Crippen LogP contribution < -0.4 is 0 Å². The molecule has 0 amide bonds. The molecule has 1 radical (unpaired) electrons. The van der Waals surface area contributed by atoms with Gasteiger partial charge in [-0.1, -0.05) is 0 Å². The molecule has 0 heterocycles. The third-order valence-electron chi connectivity index (χ3n) is 0. The van der Waals surface area contributed by atoms with Crippen molar-refractivity contribution >= 4 is 36.2 Å². The summed E-state index contributed by atoms with van der Waals surface area (Å²) in [6.45, 7) is 0. The number of hydrogen-bond acceptors (Lipinski definition) is 1. The molecule has 0 aromatic rings. The summed E-state index contributed by atoms with van der Waals surface area (Å²) in [5.41, 5.74) is 0. The Morgan fingerprint density at radius 2 is 2.00 bits per heavy atom. The van der Waals surface area contributed by atoms with Gasteiger partial charge in [0.25, 0.3) is 0 Å². The van der Waals surface area contributed by atoms with Crippen LogP contribution in [0.4, 0.5) is 0 Å². The second-order valence-electron chi connectivity index (χ2n) is 0.253. The van der Waals surface area contributed by atoms with Gasteiger partial charge < -0.3 is 0 Å². The first kappa shape index (κ1) is 5.35. The molecule has 0 spiro atoms. The van der Waals surface area contributed by atoms with E-state index >= 15 is 0 Å². The van der Waals surface area contributed by atoms with Gasteiger partial charge in [-0.15, -0.1) is 0 Å². The maximum absolute atomic E-state index is 7.92. The Hall–Kier alpha value is 1.35. The Bertz CT molecular complexity index is 29.0. The van der Waals surface area contributed by atoms with Crippen molar-refractivity contribution in [3.05, 3.63) is 0 Å². The van der Waals surface area contributed by atoms with Crippen LogP contribution in [-0.4, -0.2) is 20.6 Å². The number of thiol groups is 1. The molecule has 1 nitrogen and oxygen atoms in total. The van der Waals surface area contributed by atoms with Gasteiger partial charge in [0.05, 0.1) is 0 Å². The van der Waals surface area contributed by atoms with Crippen molar-refractivity contribution in [2.75, 3.05) is 0 Å². The van der Waals surface area contributed by atoms with E-state index in [2.05, 4.69) is 18.9 Å². The van der Waals surface area contributed by atoms with Gasteiger partial charge in [-0.2, -0.15) is 0 Å². The van der Waals surface area contributed by atoms with E-state index < -0.39 is 17.3 Å². The zero-order chi connectivity index (χ0) is 3.58. The molecule has 0 aliphatic rings. The predicted octanol–water partition coefficient (Wildman–Crippen LogP) is 0.0909. The molecule has 0 aliphatic heterocycles. The first-order valence-electron chi connectivity index (χ1n) is 0.583. The van der Waals surface area contributed by atoms with Crippen molar-refractivity contribution in [1.29, 1.82) is 0 Å². The van der Waals surface area contributed by atoms with Crippen LogP contribution in [-0.2, 0) is 0 Å². The van der Waals surface area contributed by atoms with Gasteiger partial charge in [0.1, 0.15) is 0 Å². The molecule has 0 aliphatic carbocycles. The molecule has 0 fully saturated rings. The molecule has 1 N–H and O–H groups in total. The van der Waals surface area contributed by atoms with Crippen LogP contribution in [0.5, 0.6) is 0 Å². The van der Waals surface area contributed by atoms with Crippen molar-refractivity contribution in [2.45, 2.75) is 0 Å². The van der Waals surface area contributed by atoms with E-state index in [1.165, 1.54) is 0 Å².